The Morgan fingerprint density at radius 1 is 1.69 bits per heavy atom. The highest BCUT2D eigenvalue weighted by Crippen LogP contribution is 2.33. The van der Waals surface area contributed by atoms with Gasteiger partial charge >= 0.3 is 0 Å². The molecule has 0 aliphatic carbocycles. The van der Waals surface area contributed by atoms with Crippen molar-refractivity contribution in [2.75, 3.05) is 7.05 Å². The lowest BCUT2D eigenvalue weighted by molar-refractivity contribution is -0.128. The second-order valence-corrected chi connectivity index (χ2v) is 5.05. The van der Waals surface area contributed by atoms with Gasteiger partial charge in [-0.2, -0.15) is 11.3 Å². The number of carbonyl (C=O) groups is 1. The van der Waals surface area contributed by atoms with E-state index in [2.05, 4.69) is 4.99 Å². The zero-order chi connectivity index (χ0) is 11.9. The third kappa shape index (κ3) is 1.73. The number of nitrogens with two attached hydrogens (primary N) is 1. The van der Waals surface area contributed by atoms with Gasteiger partial charge < -0.3 is 5.73 Å². The van der Waals surface area contributed by atoms with Gasteiger partial charge in [-0.1, -0.05) is 6.07 Å². The summed E-state index contributed by atoms with van der Waals surface area (Å²) in [5.74, 6) is 0.225. The molecule has 0 aromatic carbocycles. The fourth-order valence-corrected chi connectivity index (χ4v) is 2.49. The Morgan fingerprint density at radius 3 is 2.88 bits per heavy atom. The highest BCUT2D eigenvalue weighted by Gasteiger charge is 2.36. The van der Waals surface area contributed by atoms with Gasteiger partial charge in [0.15, 0.2) is 5.96 Å². The molecule has 0 unspecified atom stereocenters. The van der Waals surface area contributed by atoms with Crippen molar-refractivity contribution in [2.45, 2.75) is 18.9 Å². The van der Waals surface area contributed by atoms with E-state index < -0.39 is 5.54 Å². The van der Waals surface area contributed by atoms with Crippen LogP contribution in [0.1, 0.15) is 18.9 Å². The summed E-state index contributed by atoms with van der Waals surface area (Å²) in [5, 5.41) is 1.92. The van der Waals surface area contributed by atoms with Crippen molar-refractivity contribution >= 4 is 35.8 Å². The van der Waals surface area contributed by atoms with E-state index >= 15 is 0 Å². The zero-order valence-electron chi connectivity index (χ0n) is 9.23. The molecule has 0 saturated heterocycles. The molecule has 0 fully saturated rings. The lowest BCUT2D eigenvalue weighted by Gasteiger charge is -2.32. The average molecular weight is 233 g/mol. The molecular formula is C10H12BN3OS. The highest BCUT2D eigenvalue weighted by atomic mass is 32.1. The van der Waals surface area contributed by atoms with Crippen molar-refractivity contribution in [3.8, 4) is 0 Å². The van der Waals surface area contributed by atoms with Crippen LogP contribution in [0.15, 0.2) is 16.4 Å². The summed E-state index contributed by atoms with van der Waals surface area (Å²) < 4.78 is 0.719. The van der Waals surface area contributed by atoms with E-state index in [9.17, 15) is 4.79 Å². The fraction of sp³-hybridized carbons (Fsp3) is 0.400. The first-order chi connectivity index (χ1) is 7.42. The number of aliphatic imine (C=N–C) groups is 1. The monoisotopic (exact) mass is 233 g/mol. The Labute approximate surface area is 99.6 Å². The highest BCUT2D eigenvalue weighted by molar-refractivity contribution is 7.18. The molecule has 82 valence electrons. The van der Waals surface area contributed by atoms with Crippen molar-refractivity contribution in [3.63, 3.8) is 0 Å². The van der Waals surface area contributed by atoms with Gasteiger partial charge in [-0.15, -0.1) is 0 Å². The minimum atomic E-state index is -0.582. The number of hydrogen-bond acceptors (Lipinski definition) is 4. The summed E-state index contributed by atoms with van der Waals surface area (Å²) in [6, 6.07) is 1.85. The van der Waals surface area contributed by atoms with E-state index in [-0.39, 0.29) is 11.9 Å². The van der Waals surface area contributed by atoms with Gasteiger partial charge in [-0.3, -0.25) is 9.69 Å². The maximum atomic E-state index is 11.7. The van der Waals surface area contributed by atoms with Gasteiger partial charge in [0.1, 0.15) is 7.85 Å². The van der Waals surface area contributed by atoms with E-state index in [1.807, 2.05) is 18.4 Å². The number of hydrogen-bond donors (Lipinski definition) is 1. The molecule has 0 saturated carbocycles. The van der Waals surface area contributed by atoms with Crippen LogP contribution in [0.4, 0.5) is 0 Å². The van der Waals surface area contributed by atoms with E-state index in [0.717, 1.165) is 10.3 Å². The van der Waals surface area contributed by atoms with E-state index in [4.69, 9.17) is 13.6 Å². The van der Waals surface area contributed by atoms with Crippen molar-refractivity contribution in [2.24, 2.45) is 10.7 Å². The van der Waals surface area contributed by atoms with Crippen LogP contribution < -0.4 is 10.5 Å². The second-order valence-electron chi connectivity index (χ2n) is 4.11. The number of rotatable bonds is 1. The van der Waals surface area contributed by atoms with Gasteiger partial charge in [-0.05, 0) is 22.6 Å². The first-order valence-electron chi connectivity index (χ1n) is 4.89. The molecule has 1 aromatic heterocycles. The van der Waals surface area contributed by atoms with Gasteiger partial charge in [-0.25, -0.2) is 4.99 Å². The Bertz CT molecular complexity index is 470. The van der Waals surface area contributed by atoms with Crippen LogP contribution in [0.25, 0.3) is 0 Å². The van der Waals surface area contributed by atoms with Gasteiger partial charge in [0.05, 0.1) is 12.0 Å². The number of amides is 1. The third-order valence-electron chi connectivity index (χ3n) is 2.82. The molecule has 0 spiro atoms. The van der Waals surface area contributed by atoms with Gasteiger partial charge in [0.25, 0.3) is 0 Å². The van der Waals surface area contributed by atoms with E-state index in [1.54, 1.807) is 7.05 Å². The first-order valence-corrected chi connectivity index (χ1v) is 5.77. The minimum absolute atomic E-state index is 0.0280. The molecule has 2 N–H and O–H groups in total. The quantitative estimate of drug-likeness (QED) is 0.690. The Balaban J connectivity index is 2.43. The van der Waals surface area contributed by atoms with Crippen LogP contribution in [0.2, 0.25) is 0 Å². The van der Waals surface area contributed by atoms with Crippen LogP contribution in [0, 0.1) is 0 Å². The van der Waals surface area contributed by atoms with Crippen molar-refractivity contribution in [3.05, 3.63) is 17.0 Å². The molecule has 1 aliphatic rings. The van der Waals surface area contributed by atoms with Gasteiger partial charge in [0.2, 0.25) is 5.91 Å². The topological polar surface area (TPSA) is 58.7 Å². The molecule has 4 nitrogen and oxygen atoms in total. The lowest BCUT2D eigenvalue weighted by atomic mass is 9.88. The number of nitrogens with zero attached hydrogens (tertiary/aromatic N) is 2. The number of carbonyl (C=O) groups excluding carboxylic acids is 1. The summed E-state index contributed by atoms with van der Waals surface area (Å²) in [7, 11) is 7.31. The summed E-state index contributed by atoms with van der Waals surface area (Å²) in [6.07, 6.45) is 0.320. The summed E-state index contributed by atoms with van der Waals surface area (Å²) in [6.45, 7) is 1.90. The molecule has 1 atom stereocenters. The summed E-state index contributed by atoms with van der Waals surface area (Å²) >= 11 is 1.44. The van der Waals surface area contributed by atoms with Crippen molar-refractivity contribution in [1.82, 2.24) is 4.90 Å². The summed E-state index contributed by atoms with van der Waals surface area (Å²) in [5.41, 5.74) is 6.08. The SMILES string of the molecule is [B]c1cc([C@]2(C)CC(=O)N(C)C(N)=N2)cs1. The van der Waals surface area contributed by atoms with Crippen LogP contribution in [0.3, 0.4) is 0 Å². The van der Waals surface area contributed by atoms with Crippen LogP contribution in [-0.4, -0.2) is 31.7 Å². The average Bonchev–Trinajstić information content (AvgIpc) is 2.62. The Hall–Kier alpha value is -1.30. The predicted molar refractivity (Wildman–Crippen MR) is 66.1 cm³/mol. The first kappa shape index (κ1) is 11.2. The molecule has 0 bridgehead atoms. The molecule has 2 rings (SSSR count). The predicted octanol–water partition coefficient (Wildman–Crippen LogP) is -0.0661. The summed E-state index contributed by atoms with van der Waals surface area (Å²) in [4.78, 5) is 17.5. The normalized spacial score (nSPS) is 25.8. The fourth-order valence-electron chi connectivity index (χ4n) is 1.71. The largest absolute Gasteiger partial charge is 0.369 e. The van der Waals surface area contributed by atoms with Crippen LogP contribution >= 0.6 is 11.3 Å². The number of thiophene rings is 1. The van der Waals surface area contributed by atoms with E-state index in [0.29, 0.717) is 6.42 Å². The molecule has 2 heterocycles. The minimum Gasteiger partial charge on any atom is -0.369 e. The standard InChI is InChI=1S/C10H12BN3OS/c1-10(6-3-7(11)16-5-6)4-8(15)14(2)9(12)13-10/h3,5H,4H2,1-2H3,(H2,12,13)/t10-/m0/s1. The van der Waals surface area contributed by atoms with Crippen molar-refractivity contribution < 1.29 is 4.79 Å². The Kier molecular flexibility index (Phi) is 2.54. The zero-order valence-corrected chi connectivity index (χ0v) is 10.0. The lowest BCUT2D eigenvalue weighted by Crippen LogP contribution is -2.47. The number of guanidine groups is 1. The Morgan fingerprint density at radius 2 is 2.38 bits per heavy atom. The molecular weight excluding hydrogens is 221 g/mol. The second kappa shape index (κ2) is 3.62. The van der Waals surface area contributed by atoms with Gasteiger partial charge in [0, 0.05) is 7.05 Å². The third-order valence-corrected chi connectivity index (χ3v) is 3.58. The molecule has 1 amide bonds. The molecule has 1 aromatic rings. The molecule has 6 heteroatoms. The molecule has 1 aliphatic heterocycles. The maximum Gasteiger partial charge on any atom is 0.231 e. The van der Waals surface area contributed by atoms with Crippen molar-refractivity contribution in [1.29, 1.82) is 0 Å². The molecule has 2 radical (unpaired) electrons. The smallest absolute Gasteiger partial charge is 0.231 e. The van der Waals surface area contributed by atoms with Crippen LogP contribution in [0.5, 0.6) is 0 Å². The van der Waals surface area contributed by atoms with Crippen LogP contribution in [-0.2, 0) is 10.3 Å². The maximum absolute atomic E-state index is 11.7. The van der Waals surface area contributed by atoms with E-state index in [1.165, 1.54) is 16.2 Å². The molecule has 16 heavy (non-hydrogen) atoms.